The van der Waals surface area contributed by atoms with Crippen molar-refractivity contribution in [2.24, 2.45) is 0 Å². The molecular weight excluding hydrogens is 426 g/mol. The van der Waals surface area contributed by atoms with Crippen LogP contribution in [-0.4, -0.2) is 19.7 Å². The van der Waals surface area contributed by atoms with Gasteiger partial charge in [0.25, 0.3) is 0 Å². The average molecular weight is 446 g/mol. The van der Waals surface area contributed by atoms with Gasteiger partial charge < -0.3 is 10.2 Å². The Bertz CT molecular complexity index is 1530. The molecule has 8 heteroatoms. The Morgan fingerprint density at radius 3 is 2.66 bits per heavy atom. The van der Waals surface area contributed by atoms with E-state index in [9.17, 15) is 4.79 Å². The zero-order valence-electron chi connectivity index (χ0n) is 17.5. The highest BCUT2D eigenvalue weighted by Gasteiger charge is 2.25. The van der Waals surface area contributed by atoms with Crippen molar-refractivity contribution < 1.29 is 4.42 Å². The molecule has 0 radical (unpaired) electrons. The lowest BCUT2D eigenvalue weighted by molar-refractivity contribution is 0.404. The number of halogens is 1. The minimum Gasteiger partial charge on any atom is -0.424 e. The van der Waals surface area contributed by atoms with E-state index < -0.39 is 11.7 Å². The lowest BCUT2D eigenvalue weighted by Gasteiger charge is -2.18. The number of nitrogens with two attached hydrogens (primary N) is 1. The third-order valence-corrected chi connectivity index (χ3v) is 5.89. The summed E-state index contributed by atoms with van der Waals surface area (Å²) in [6.45, 7) is 3.92. The van der Waals surface area contributed by atoms with Crippen molar-refractivity contribution in [2.75, 3.05) is 5.73 Å². The summed E-state index contributed by atoms with van der Waals surface area (Å²) in [5.41, 5.74) is 8.78. The maximum atomic E-state index is 12.9. The molecule has 0 saturated heterocycles. The fraction of sp³-hybridized carbons (Fsp3) is 0.167. The van der Waals surface area contributed by atoms with Crippen molar-refractivity contribution in [3.05, 3.63) is 81.8 Å². The van der Waals surface area contributed by atoms with Crippen LogP contribution in [0, 0.1) is 0 Å². The van der Waals surface area contributed by atoms with Gasteiger partial charge in [-0.2, -0.15) is 5.10 Å². The fourth-order valence-corrected chi connectivity index (χ4v) is 4.30. The third-order valence-electron chi connectivity index (χ3n) is 5.65. The van der Waals surface area contributed by atoms with E-state index in [0.717, 1.165) is 22.2 Å². The maximum absolute atomic E-state index is 12.9. The number of rotatable bonds is 4. The predicted molar refractivity (Wildman–Crippen MR) is 126 cm³/mol. The molecule has 1 unspecified atom stereocenters. The van der Waals surface area contributed by atoms with Crippen LogP contribution < -0.4 is 11.4 Å². The number of nitrogen functional groups attached to an aromatic ring is 1. The fourth-order valence-electron chi connectivity index (χ4n) is 4.13. The Balaban J connectivity index is 1.85. The van der Waals surface area contributed by atoms with Crippen LogP contribution in [0.2, 0.25) is 5.02 Å². The molecule has 0 bridgehead atoms. The number of aryl methyl sites for hydroxylation is 1. The van der Waals surface area contributed by atoms with E-state index >= 15 is 0 Å². The van der Waals surface area contributed by atoms with Crippen molar-refractivity contribution in [3.63, 3.8) is 0 Å². The summed E-state index contributed by atoms with van der Waals surface area (Å²) in [7, 11) is 0. The molecule has 0 saturated carbocycles. The molecule has 0 fully saturated rings. The van der Waals surface area contributed by atoms with Gasteiger partial charge in [0.1, 0.15) is 23.9 Å². The lowest BCUT2D eigenvalue weighted by Crippen LogP contribution is -2.14. The van der Waals surface area contributed by atoms with Gasteiger partial charge in [-0.1, -0.05) is 48.9 Å². The summed E-state index contributed by atoms with van der Waals surface area (Å²) < 4.78 is 7.66. The number of aromatic nitrogens is 4. The van der Waals surface area contributed by atoms with Crippen molar-refractivity contribution in [1.29, 1.82) is 0 Å². The SMILES string of the molecule is CCc1nn(C(C)c2oc(=O)c3ccc(Cl)cc3c2-c2ccccc2)c2ncnc(N)c12. The molecule has 3 heterocycles. The van der Waals surface area contributed by atoms with Crippen LogP contribution in [-0.2, 0) is 6.42 Å². The molecule has 0 spiro atoms. The number of anilines is 1. The highest BCUT2D eigenvalue weighted by molar-refractivity contribution is 6.31. The zero-order valence-corrected chi connectivity index (χ0v) is 18.3. The number of nitrogens with zero attached hydrogens (tertiary/aromatic N) is 4. The molecule has 0 aliphatic heterocycles. The first kappa shape index (κ1) is 20.2. The topological polar surface area (TPSA) is 99.8 Å². The maximum Gasteiger partial charge on any atom is 0.343 e. The number of hydrogen-bond acceptors (Lipinski definition) is 6. The van der Waals surface area contributed by atoms with E-state index in [1.165, 1.54) is 6.33 Å². The van der Waals surface area contributed by atoms with E-state index in [1.54, 1.807) is 22.9 Å². The standard InChI is InChI=1S/C24H20ClN5O2/c1-3-18-20-22(26)27-12-28-23(20)30(29-18)13(2)21-19(14-7-5-4-6-8-14)17-11-15(25)9-10-16(17)24(31)32-21/h4-13H,3H2,1-2H3,(H2,26,27,28). The molecule has 0 aliphatic carbocycles. The van der Waals surface area contributed by atoms with E-state index in [1.807, 2.05) is 44.2 Å². The Morgan fingerprint density at radius 1 is 1.12 bits per heavy atom. The molecule has 0 aliphatic rings. The molecule has 160 valence electrons. The number of fused-ring (bicyclic) bond motifs is 2. The van der Waals surface area contributed by atoms with Crippen LogP contribution in [0.25, 0.3) is 32.9 Å². The van der Waals surface area contributed by atoms with Gasteiger partial charge in [0.15, 0.2) is 5.65 Å². The van der Waals surface area contributed by atoms with Crippen LogP contribution in [0.4, 0.5) is 5.82 Å². The van der Waals surface area contributed by atoms with Gasteiger partial charge >= 0.3 is 5.63 Å². The Kier molecular flexibility index (Phi) is 4.90. The summed E-state index contributed by atoms with van der Waals surface area (Å²) in [5, 5.41) is 7.20. The molecule has 3 aromatic heterocycles. The highest BCUT2D eigenvalue weighted by Crippen LogP contribution is 2.37. The normalized spacial score (nSPS) is 12.5. The van der Waals surface area contributed by atoms with E-state index in [0.29, 0.717) is 39.4 Å². The Hall–Kier alpha value is -3.71. The second-order valence-electron chi connectivity index (χ2n) is 7.56. The first-order valence-electron chi connectivity index (χ1n) is 10.3. The largest absolute Gasteiger partial charge is 0.424 e. The van der Waals surface area contributed by atoms with Crippen molar-refractivity contribution >= 4 is 39.2 Å². The first-order chi connectivity index (χ1) is 15.5. The summed E-state index contributed by atoms with van der Waals surface area (Å²) in [6, 6.07) is 14.5. The molecule has 1 atom stereocenters. The van der Waals surface area contributed by atoms with Crippen LogP contribution in [0.3, 0.4) is 0 Å². The van der Waals surface area contributed by atoms with Gasteiger partial charge in [0.05, 0.1) is 16.5 Å². The molecule has 7 nitrogen and oxygen atoms in total. The van der Waals surface area contributed by atoms with Crippen molar-refractivity contribution in [1.82, 2.24) is 19.7 Å². The smallest absolute Gasteiger partial charge is 0.343 e. The quantitative estimate of drug-likeness (QED) is 0.417. The van der Waals surface area contributed by atoms with Crippen molar-refractivity contribution in [3.8, 4) is 11.1 Å². The van der Waals surface area contributed by atoms with Gasteiger partial charge in [-0.05, 0) is 37.1 Å². The lowest BCUT2D eigenvalue weighted by atomic mass is 9.96. The summed E-state index contributed by atoms with van der Waals surface area (Å²) in [6.07, 6.45) is 2.08. The summed E-state index contributed by atoms with van der Waals surface area (Å²) in [5.74, 6) is 0.848. The predicted octanol–water partition coefficient (Wildman–Crippen LogP) is 5.01. The Labute approximate surface area is 188 Å². The minimum absolute atomic E-state index is 0.375. The molecule has 0 amide bonds. The number of hydrogen-bond donors (Lipinski definition) is 1. The Morgan fingerprint density at radius 2 is 1.91 bits per heavy atom. The van der Waals surface area contributed by atoms with Crippen LogP contribution in [0.1, 0.15) is 31.3 Å². The second-order valence-corrected chi connectivity index (χ2v) is 8.00. The first-order valence-corrected chi connectivity index (χ1v) is 10.7. The zero-order chi connectivity index (χ0) is 22.4. The van der Waals surface area contributed by atoms with Crippen LogP contribution in [0.5, 0.6) is 0 Å². The third kappa shape index (κ3) is 3.13. The molecule has 2 N–H and O–H groups in total. The van der Waals surface area contributed by atoms with Gasteiger partial charge in [0.2, 0.25) is 0 Å². The minimum atomic E-state index is -0.446. The average Bonchev–Trinajstić information content (AvgIpc) is 3.19. The van der Waals surface area contributed by atoms with E-state index in [2.05, 4.69) is 9.97 Å². The molecule has 5 rings (SSSR count). The highest BCUT2D eigenvalue weighted by atomic mass is 35.5. The molecule has 32 heavy (non-hydrogen) atoms. The molecular formula is C24H20ClN5O2. The van der Waals surface area contributed by atoms with Gasteiger partial charge in [-0.15, -0.1) is 0 Å². The summed E-state index contributed by atoms with van der Waals surface area (Å²) in [4.78, 5) is 21.5. The van der Waals surface area contributed by atoms with Gasteiger partial charge in [-0.3, -0.25) is 0 Å². The molecule has 5 aromatic rings. The van der Waals surface area contributed by atoms with E-state index in [4.69, 9.17) is 26.9 Å². The van der Waals surface area contributed by atoms with Gasteiger partial charge in [-0.25, -0.2) is 19.4 Å². The van der Waals surface area contributed by atoms with Crippen molar-refractivity contribution in [2.45, 2.75) is 26.3 Å². The van der Waals surface area contributed by atoms with Crippen LogP contribution in [0.15, 0.2) is 64.1 Å². The van der Waals surface area contributed by atoms with E-state index in [-0.39, 0.29) is 0 Å². The van der Waals surface area contributed by atoms with Crippen LogP contribution >= 0.6 is 11.6 Å². The second kappa shape index (κ2) is 7.76. The molecule has 2 aromatic carbocycles. The number of benzene rings is 2. The monoisotopic (exact) mass is 445 g/mol. The summed E-state index contributed by atoms with van der Waals surface area (Å²) >= 11 is 6.32. The van der Waals surface area contributed by atoms with Gasteiger partial charge in [0, 0.05) is 16.0 Å².